The SMILES string of the molecule is COc1ccc(F)cc1C(O)c1cccc2c1NCC2. The first kappa shape index (κ1) is 12.9. The van der Waals surface area contributed by atoms with Gasteiger partial charge in [0.15, 0.2) is 0 Å². The van der Waals surface area contributed by atoms with Crippen molar-refractivity contribution in [2.45, 2.75) is 12.5 Å². The highest BCUT2D eigenvalue weighted by molar-refractivity contribution is 5.63. The molecule has 104 valence electrons. The lowest BCUT2D eigenvalue weighted by Crippen LogP contribution is -2.06. The molecular formula is C16H16FNO2. The molecule has 20 heavy (non-hydrogen) atoms. The first-order chi connectivity index (χ1) is 9.70. The van der Waals surface area contributed by atoms with Crippen molar-refractivity contribution in [3.05, 3.63) is 58.9 Å². The smallest absolute Gasteiger partial charge is 0.125 e. The Morgan fingerprint density at radius 3 is 2.90 bits per heavy atom. The normalized spacial score (nSPS) is 14.6. The van der Waals surface area contributed by atoms with E-state index >= 15 is 0 Å². The maximum absolute atomic E-state index is 13.5. The molecule has 1 unspecified atom stereocenters. The van der Waals surface area contributed by atoms with E-state index in [9.17, 15) is 9.50 Å². The molecule has 3 nitrogen and oxygen atoms in total. The molecule has 0 aliphatic carbocycles. The minimum Gasteiger partial charge on any atom is -0.496 e. The van der Waals surface area contributed by atoms with E-state index in [4.69, 9.17) is 4.74 Å². The van der Waals surface area contributed by atoms with Gasteiger partial charge in [0, 0.05) is 23.4 Å². The van der Waals surface area contributed by atoms with E-state index in [-0.39, 0.29) is 5.82 Å². The van der Waals surface area contributed by atoms with Crippen LogP contribution in [-0.4, -0.2) is 18.8 Å². The Balaban J connectivity index is 2.07. The molecular weight excluding hydrogens is 257 g/mol. The van der Waals surface area contributed by atoms with Crippen molar-refractivity contribution in [3.63, 3.8) is 0 Å². The predicted octanol–water partition coefficient (Wildman–Crippen LogP) is 2.88. The lowest BCUT2D eigenvalue weighted by molar-refractivity contribution is 0.215. The number of hydrogen-bond acceptors (Lipinski definition) is 3. The third-order valence-electron chi connectivity index (χ3n) is 3.66. The first-order valence-corrected chi connectivity index (χ1v) is 6.58. The second-order valence-corrected chi connectivity index (χ2v) is 4.85. The van der Waals surface area contributed by atoms with Gasteiger partial charge in [-0.2, -0.15) is 0 Å². The lowest BCUT2D eigenvalue weighted by Gasteiger charge is -2.18. The van der Waals surface area contributed by atoms with Gasteiger partial charge in [0.25, 0.3) is 0 Å². The summed E-state index contributed by atoms with van der Waals surface area (Å²) in [4.78, 5) is 0. The molecule has 4 heteroatoms. The van der Waals surface area contributed by atoms with Crippen LogP contribution in [0.25, 0.3) is 0 Å². The van der Waals surface area contributed by atoms with Crippen molar-refractivity contribution in [2.24, 2.45) is 0 Å². The zero-order chi connectivity index (χ0) is 14.1. The summed E-state index contributed by atoms with van der Waals surface area (Å²) >= 11 is 0. The molecule has 0 fully saturated rings. The minimum absolute atomic E-state index is 0.389. The van der Waals surface area contributed by atoms with Gasteiger partial charge in [-0.05, 0) is 30.2 Å². The van der Waals surface area contributed by atoms with Crippen LogP contribution in [-0.2, 0) is 6.42 Å². The van der Waals surface area contributed by atoms with Gasteiger partial charge in [-0.15, -0.1) is 0 Å². The van der Waals surface area contributed by atoms with E-state index in [2.05, 4.69) is 5.32 Å². The Morgan fingerprint density at radius 1 is 1.25 bits per heavy atom. The Bertz CT molecular complexity index is 640. The van der Waals surface area contributed by atoms with Gasteiger partial charge >= 0.3 is 0 Å². The molecule has 1 aliphatic heterocycles. The van der Waals surface area contributed by atoms with E-state index in [0.29, 0.717) is 11.3 Å². The Kier molecular flexibility index (Phi) is 3.32. The second-order valence-electron chi connectivity index (χ2n) is 4.85. The fourth-order valence-corrected chi connectivity index (χ4v) is 2.68. The summed E-state index contributed by atoms with van der Waals surface area (Å²) in [7, 11) is 1.51. The van der Waals surface area contributed by atoms with Crippen molar-refractivity contribution in [1.82, 2.24) is 0 Å². The van der Waals surface area contributed by atoms with Gasteiger partial charge in [-0.3, -0.25) is 0 Å². The third-order valence-corrected chi connectivity index (χ3v) is 3.66. The number of rotatable bonds is 3. The molecule has 1 atom stereocenters. The molecule has 0 amide bonds. The standard InChI is InChI=1S/C16H16FNO2/c1-20-14-6-5-11(17)9-13(14)16(19)12-4-2-3-10-7-8-18-15(10)12/h2-6,9,16,18-19H,7-8H2,1H3. The highest BCUT2D eigenvalue weighted by Gasteiger charge is 2.22. The van der Waals surface area contributed by atoms with E-state index in [0.717, 1.165) is 24.2 Å². The van der Waals surface area contributed by atoms with Crippen molar-refractivity contribution in [1.29, 1.82) is 0 Å². The minimum atomic E-state index is -0.916. The second kappa shape index (κ2) is 5.13. The molecule has 1 heterocycles. The van der Waals surface area contributed by atoms with Crippen molar-refractivity contribution in [2.75, 3.05) is 19.0 Å². The van der Waals surface area contributed by atoms with Gasteiger partial charge in [0.05, 0.1) is 7.11 Å². The summed E-state index contributed by atoms with van der Waals surface area (Å²) in [5.41, 5.74) is 3.32. The van der Waals surface area contributed by atoms with Gasteiger partial charge < -0.3 is 15.2 Å². The predicted molar refractivity (Wildman–Crippen MR) is 75.6 cm³/mol. The Labute approximate surface area is 117 Å². The summed E-state index contributed by atoms with van der Waals surface area (Å²) in [6, 6.07) is 9.97. The highest BCUT2D eigenvalue weighted by atomic mass is 19.1. The number of methoxy groups -OCH3 is 1. The molecule has 2 aromatic rings. The quantitative estimate of drug-likeness (QED) is 0.903. The van der Waals surface area contributed by atoms with Crippen LogP contribution in [0.15, 0.2) is 36.4 Å². The van der Waals surface area contributed by atoms with Crippen molar-refractivity contribution >= 4 is 5.69 Å². The number of ether oxygens (including phenoxy) is 1. The molecule has 0 bridgehead atoms. The van der Waals surface area contributed by atoms with E-state index in [1.165, 1.54) is 30.9 Å². The summed E-state index contributed by atoms with van der Waals surface area (Å²) in [5, 5.41) is 13.9. The largest absolute Gasteiger partial charge is 0.496 e. The zero-order valence-electron chi connectivity index (χ0n) is 11.2. The topological polar surface area (TPSA) is 41.5 Å². The van der Waals surface area contributed by atoms with Gasteiger partial charge in [-0.1, -0.05) is 18.2 Å². The number of anilines is 1. The first-order valence-electron chi connectivity index (χ1n) is 6.58. The number of fused-ring (bicyclic) bond motifs is 1. The summed E-state index contributed by atoms with van der Waals surface area (Å²) in [6.45, 7) is 0.860. The van der Waals surface area contributed by atoms with Crippen LogP contribution in [0.5, 0.6) is 5.75 Å². The molecule has 0 aromatic heterocycles. The molecule has 0 saturated carbocycles. The number of halogens is 1. The van der Waals surface area contributed by atoms with Gasteiger partial charge in [0.2, 0.25) is 0 Å². The number of hydrogen-bond donors (Lipinski definition) is 2. The molecule has 2 N–H and O–H groups in total. The average Bonchev–Trinajstić information content (AvgIpc) is 2.94. The summed E-state index contributed by atoms with van der Waals surface area (Å²) in [5.74, 6) is 0.0925. The maximum Gasteiger partial charge on any atom is 0.125 e. The molecule has 1 aliphatic rings. The van der Waals surface area contributed by atoms with E-state index in [1.54, 1.807) is 0 Å². The number of aliphatic hydroxyl groups is 1. The van der Waals surface area contributed by atoms with Crippen LogP contribution in [0.3, 0.4) is 0 Å². The summed E-state index contributed by atoms with van der Waals surface area (Å²) in [6.07, 6.45) is 0.0251. The fourth-order valence-electron chi connectivity index (χ4n) is 2.68. The zero-order valence-corrected chi connectivity index (χ0v) is 11.2. The van der Waals surface area contributed by atoms with Gasteiger partial charge in [0.1, 0.15) is 17.7 Å². The number of benzene rings is 2. The number of aliphatic hydroxyl groups excluding tert-OH is 1. The Morgan fingerprint density at radius 2 is 2.10 bits per heavy atom. The van der Waals surface area contributed by atoms with Crippen LogP contribution in [0, 0.1) is 5.82 Å². The third kappa shape index (κ3) is 2.12. The lowest BCUT2D eigenvalue weighted by atomic mass is 9.97. The average molecular weight is 273 g/mol. The highest BCUT2D eigenvalue weighted by Crippen LogP contribution is 2.37. The fraction of sp³-hybridized carbons (Fsp3) is 0.250. The van der Waals surface area contributed by atoms with Crippen LogP contribution < -0.4 is 10.1 Å². The van der Waals surface area contributed by atoms with Crippen LogP contribution in [0.2, 0.25) is 0 Å². The van der Waals surface area contributed by atoms with Crippen molar-refractivity contribution < 1.29 is 14.2 Å². The van der Waals surface area contributed by atoms with Crippen LogP contribution in [0.4, 0.5) is 10.1 Å². The van der Waals surface area contributed by atoms with Gasteiger partial charge in [-0.25, -0.2) is 4.39 Å². The van der Waals surface area contributed by atoms with Crippen LogP contribution >= 0.6 is 0 Å². The maximum atomic E-state index is 13.5. The molecule has 0 spiro atoms. The van der Waals surface area contributed by atoms with E-state index < -0.39 is 6.10 Å². The number of nitrogens with one attached hydrogen (secondary N) is 1. The molecule has 3 rings (SSSR count). The van der Waals surface area contributed by atoms with Crippen molar-refractivity contribution in [3.8, 4) is 5.75 Å². The Hall–Kier alpha value is -2.07. The molecule has 2 aromatic carbocycles. The van der Waals surface area contributed by atoms with Crippen LogP contribution in [0.1, 0.15) is 22.8 Å². The van der Waals surface area contributed by atoms with E-state index in [1.807, 2.05) is 18.2 Å². The number of para-hydroxylation sites is 1. The monoisotopic (exact) mass is 273 g/mol. The summed E-state index contributed by atoms with van der Waals surface area (Å²) < 4.78 is 18.7. The molecule has 0 radical (unpaired) electrons. The molecule has 0 saturated heterocycles.